The molecule has 0 saturated carbocycles. The molecule has 2 aromatic rings. The van der Waals surface area contributed by atoms with Crippen LogP contribution in [0.25, 0.3) is 0 Å². The third kappa shape index (κ3) is 2.41. The van der Waals surface area contributed by atoms with E-state index < -0.39 is 15.8 Å². The Morgan fingerprint density at radius 3 is 2.52 bits per heavy atom. The van der Waals surface area contributed by atoms with Crippen molar-refractivity contribution in [1.29, 1.82) is 0 Å². The lowest BCUT2D eigenvalue weighted by atomic mass is 10.2. The molecule has 0 radical (unpaired) electrons. The number of halogens is 1. The van der Waals surface area contributed by atoms with Crippen molar-refractivity contribution < 1.29 is 17.5 Å². The lowest BCUT2D eigenvalue weighted by Crippen LogP contribution is -2.23. The number of nitrogens with zero attached hydrogens (tertiary/aromatic N) is 1. The summed E-state index contributed by atoms with van der Waals surface area (Å²) in [5.41, 5.74) is 1.07. The van der Waals surface area contributed by atoms with Crippen LogP contribution in [-0.4, -0.2) is 19.8 Å². The smallest absolute Gasteiger partial charge is 0.244 e. The van der Waals surface area contributed by atoms with Gasteiger partial charge in [-0.1, -0.05) is 18.2 Å². The summed E-state index contributed by atoms with van der Waals surface area (Å²) in [5.74, 6) is 0.227. The number of benzene rings is 2. The molecule has 110 valence electrons. The third-order valence-electron chi connectivity index (χ3n) is 3.55. The lowest BCUT2D eigenvalue weighted by Gasteiger charge is -2.14. The molecule has 0 saturated heterocycles. The normalized spacial score (nSPS) is 16.7. The first-order valence-electron chi connectivity index (χ1n) is 6.43. The Bertz CT molecular complexity index is 772. The van der Waals surface area contributed by atoms with Crippen LogP contribution < -0.4 is 4.74 Å². The zero-order valence-electron chi connectivity index (χ0n) is 11.4. The topological polar surface area (TPSA) is 46.6 Å². The summed E-state index contributed by atoms with van der Waals surface area (Å²) in [4.78, 5) is 0.0658. The molecule has 21 heavy (non-hydrogen) atoms. The van der Waals surface area contributed by atoms with Gasteiger partial charge in [0.1, 0.15) is 11.6 Å². The van der Waals surface area contributed by atoms with Gasteiger partial charge in [0.25, 0.3) is 0 Å². The highest BCUT2D eigenvalue weighted by Gasteiger charge is 2.36. The number of fused-ring (bicyclic) bond motifs is 1. The fourth-order valence-electron chi connectivity index (χ4n) is 2.41. The largest absolute Gasteiger partial charge is 0.497 e. The number of hydrogen-bond acceptors (Lipinski definition) is 3. The van der Waals surface area contributed by atoms with E-state index in [0.29, 0.717) is 5.75 Å². The van der Waals surface area contributed by atoms with Crippen molar-refractivity contribution in [2.75, 3.05) is 7.11 Å². The van der Waals surface area contributed by atoms with Crippen LogP contribution in [-0.2, 0) is 23.1 Å². The molecular weight excluding hydrogens is 293 g/mol. The SMILES string of the molecule is COc1ccc(CN2Cc3c(F)cccc3S2(=O)=O)cc1. The monoisotopic (exact) mass is 307 g/mol. The van der Waals surface area contributed by atoms with Crippen molar-refractivity contribution in [2.45, 2.75) is 18.0 Å². The maximum absolute atomic E-state index is 13.7. The summed E-state index contributed by atoms with van der Waals surface area (Å²) in [7, 11) is -2.05. The first kappa shape index (κ1) is 14.0. The molecule has 0 bridgehead atoms. The molecule has 0 unspecified atom stereocenters. The minimum absolute atomic E-state index is 0.0658. The van der Waals surface area contributed by atoms with E-state index in [1.165, 1.54) is 22.5 Å². The summed E-state index contributed by atoms with van der Waals surface area (Å²) >= 11 is 0. The number of hydrogen-bond donors (Lipinski definition) is 0. The lowest BCUT2D eigenvalue weighted by molar-refractivity contribution is 0.409. The van der Waals surface area contributed by atoms with Gasteiger partial charge in [-0.15, -0.1) is 0 Å². The predicted octanol–water partition coefficient (Wildman–Crippen LogP) is 2.54. The van der Waals surface area contributed by atoms with E-state index in [9.17, 15) is 12.8 Å². The third-order valence-corrected chi connectivity index (χ3v) is 5.42. The molecule has 0 aromatic heterocycles. The first-order chi connectivity index (χ1) is 10.0. The Morgan fingerprint density at radius 1 is 1.19 bits per heavy atom. The fourth-order valence-corrected chi connectivity index (χ4v) is 4.03. The number of methoxy groups -OCH3 is 1. The Balaban J connectivity index is 1.90. The van der Waals surface area contributed by atoms with Gasteiger partial charge >= 0.3 is 0 Å². The molecule has 0 amide bonds. The highest BCUT2D eigenvalue weighted by atomic mass is 32.2. The van der Waals surface area contributed by atoms with E-state index >= 15 is 0 Å². The standard InChI is InChI=1S/C15H14FNO3S/c1-20-12-7-5-11(6-8-12)9-17-10-13-14(16)3-2-4-15(13)21(17,18)19/h2-8H,9-10H2,1H3. The van der Waals surface area contributed by atoms with Crippen LogP contribution in [0.15, 0.2) is 47.4 Å². The molecule has 0 atom stereocenters. The van der Waals surface area contributed by atoms with Gasteiger partial charge in [-0.25, -0.2) is 12.8 Å². The Hall–Kier alpha value is -1.92. The molecular formula is C15H14FNO3S. The molecule has 1 aliphatic heterocycles. The Morgan fingerprint density at radius 2 is 1.90 bits per heavy atom. The van der Waals surface area contributed by atoms with Gasteiger partial charge in [0.15, 0.2) is 0 Å². The highest BCUT2D eigenvalue weighted by Crippen LogP contribution is 2.33. The summed E-state index contributed by atoms with van der Waals surface area (Å²) in [6.07, 6.45) is 0. The van der Waals surface area contributed by atoms with E-state index in [4.69, 9.17) is 4.74 Å². The van der Waals surface area contributed by atoms with Gasteiger partial charge in [0, 0.05) is 18.7 Å². The second-order valence-electron chi connectivity index (χ2n) is 4.84. The van der Waals surface area contributed by atoms with Crippen molar-refractivity contribution in [1.82, 2.24) is 4.31 Å². The van der Waals surface area contributed by atoms with Crippen LogP contribution in [0.5, 0.6) is 5.75 Å². The van der Waals surface area contributed by atoms with Crippen molar-refractivity contribution in [3.8, 4) is 5.75 Å². The highest BCUT2D eigenvalue weighted by molar-refractivity contribution is 7.89. The van der Waals surface area contributed by atoms with Crippen LogP contribution in [0.4, 0.5) is 4.39 Å². The molecule has 6 heteroatoms. The molecule has 0 fully saturated rings. The summed E-state index contributed by atoms with van der Waals surface area (Å²) < 4.78 is 44.9. The second kappa shape index (κ2) is 5.13. The van der Waals surface area contributed by atoms with Gasteiger partial charge in [-0.2, -0.15) is 4.31 Å². The van der Waals surface area contributed by atoms with Crippen LogP contribution in [0.3, 0.4) is 0 Å². The Labute approximate surface area is 122 Å². The first-order valence-corrected chi connectivity index (χ1v) is 7.87. The van der Waals surface area contributed by atoms with Gasteiger partial charge in [0.2, 0.25) is 10.0 Å². The van der Waals surface area contributed by atoms with E-state index in [1.54, 1.807) is 31.4 Å². The van der Waals surface area contributed by atoms with Gasteiger partial charge in [0.05, 0.1) is 12.0 Å². The number of sulfonamides is 1. The van der Waals surface area contributed by atoms with Gasteiger partial charge in [-0.3, -0.25) is 0 Å². The molecule has 0 aliphatic carbocycles. The van der Waals surface area contributed by atoms with Crippen molar-refractivity contribution in [2.24, 2.45) is 0 Å². The molecule has 0 spiro atoms. The average molecular weight is 307 g/mol. The van der Waals surface area contributed by atoms with E-state index in [0.717, 1.165) is 5.56 Å². The van der Waals surface area contributed by atoms with Crippen LogP contribution in [0.2, 0.25) is 0 Å². The zero-order valence-corrected chi connectivity index (χ0v) is 12.2. The quantitative estimate of drug-likeness (QED) is 0.875. The summed E-state index contributed by atoms with van der Waals surface area (Å²) in [5, 5.41) is 0. The van der Waals surface area contributed by atoms with Crippen LogP contribution in [0.1, 0.15) is 11.1 Å². The maximum atomic E-state index is 13.7. The van der Waals surface area contributed by atoms with Crippen molar-refractivity contribution >= 4 is 10.0 Å². The van der Waals surface area contributed by atoms with Crippen molar-refractivity contribution in [3.63, 3.8) is 0 Å². The van der Waals surface area contributed by atoms with Gasteiger partial charge in [-0.05, 0) is 29.8 Å². The zero-order chi connectivity index (χ0) is 15.0. The minimum atomic E-state index is -3.62. The molecule has 1 heterocycles. The fraction of sp³-hybridized carbons (Fsp3) is 0.200. The molecule has 2 aromatic carbocycles. The van der Waals surface area contributed by atoms with E-state index in [1.807, 2.05) is 0 Å². The second-order valence-corrected chi connectivity index (χ2v) is 6.74. The van der Waals surface area contributed by atoms with E-state index in [2.05, 4.69) is 0 Å². The number of ether oxygens (including phenoxy) is 1. The Kier molecular flexibility index (Phi) is 3.43. The maximum Gasteiger partial charge on any atom is 0.244 e. The molecule has 3 rings (SSSR count). The summed E-state index contributed by atoms with van der Waals surface area (Å²) in [6, 6.07) is 11.3. The van der Waals surface area contributed by atoms with E-state index in [-0.39, 0.29) is 23.5 Å². The van der Waals surface area contributed by atoms with Gasteiger partial charge < -0.3 is 4.74 Å². The average Bonchev–Trinajstić information content (AvgIpc) is 2.73. The van der Waals surface area contributed by atoms with Crippen molar-refractivity contribution in [3.05, 3.63) is 59.4 Å². The van der Waals surface area contributed by atoms with Crippen LogP contribution in [0, 0.1) is 5.82 Å². The molecule has 1 aliphatic rings. The predicted molar refractivity (Wildman–Crippen MR) is 75.8 cm³/mol. The summed E-state index contributed by atoms with van der Waals surface area (Å²) in [6.45, 7) is 0.275. The molecule has 4 nitrogen and oxygen atoms in total. The number of rotatable bonds is 3. The minimum Gasteiger partial charge on any atom is -0.497 e. The van der Waals surface area contributed by atoms with Crippen LogP contribution >= 0.6 is 0 Å². The molecule has 0 N–H and O–H groups in total.